The van der Waals surface area contributed by atoms with Crippen molar-refractivity contribution in [2.75, 3.05) is 26.4 Å². The first-order chi connectivity index (χ1) is 53.3. The maximum Gasteiger partial charge on any atom is 0.338 e. The minimum absolute atomic E-state index is 0.0674. The van der Waals surface area contributed by atoms with Crippen molar-refractivity contribution >= 4 is 89.5 Å². The normalized spacial score (nSPS) is 26.6. The molecule has 34 heteroatoms. The summed E-state index contributed by atoms with van der Waals surface area (Å²) in [5, 5.41) is 0. The lowest BCUT2D eigenvalue weighted by molar-refractivity contribution is -0.249. The molecule has 4 saturated heterocycles. The van der Waals surface area contributed by atoms with Crippen LogP contribution in [0.25, 0.3) is 0 Å². The van der Waals surface area contributed by atoms with E-state index in [2.05, 4.69) is 0 Å². The van der Waals surface area contributed by atoms with Crippen LogP contribution in [0.15, 0.2) is 121 Å². The summed E-state index contributed by atoms with van der Waals surface area (Å²) in [7, 11) is 0. The van der Waals surface area contributed by atoms with Crippen molar-refractivity contribution in [2.45, 2.75) is 227 Å². The summed E-state index contributed by atoms with van der Waals surface area (Å²) in [6, 6.07) is 33.1. The van der Waals surface area contributed by atoms with Crippen molar-refractivity contribution in [1.82, 2.24) is 0 Å². The Bertz CT molecular complexity index is 3780. The lowest BCUT2D eigenvalue weighted by Crippen LogP contribution is -2.61. The summed E-state index contributed by atoms with van der Waals surface area (Å²) in [4.78, 5) is 176. The van der Waals surface area contributed by atoms with Gasteiger partial charge in [0.25, 0.3) is 0 Å². The van der Waals surface area contributed by atoms with Gasteiger partial charge in [-0.25, -0.2) is 19.2 Å². The van der Waals surface area contributed by atoms with Gasteiger partial charge >= 0.3 is 89.5 Å². The second-order valence-electron chi connectivity index (χ2n) is 26.1. The molecular formula is C79H96O34. The quantitative estimate of drug-likeness (QED) is 0.0572. The molecule has 616 valence electrons. The van der Waals surface area contributed by atoms with Gasteiger partial charge in [0, 0.05) is 82.1 Å². The Morgan fingerprint density at radius 3 is 0.699 bits per heavy atom. The minimum atomic E-state index is -1.33. The van der Waals surface area contributed by atoms with Gasteiger partial charge in [-0.3, -0.25) is 52.7 Å². The molecule has 34 nitrogen and oxygen atoms in total. The molecule has 4 heterocycles. The number of ether oxygens (including phenoxy) is 19. The Hall–Kier alpha value is -11.2. The third-order valence-electron chi connectivity index (χ3n) is 16.9. The van der Waals surface area contributed by atoms with Gasteiger partial charge in [0.05, 0.1) is 46.7 Å². The number of benzene rings is 4. The standard InChI is InChI=1S/C35H30O9.2C15H22O9.C14H22O7/c1-23-29(42-33(37)25-16-8-3-9-17-25)31(44-35(39)27-20-12-5-13-21-27)30(43-34(38)26-18-10-4-11-19-26)28(41-23)22-40-32(36)24-14-6-2-7-15-24;2*1-7-13(22-9(3)17)15(24-11(5)19)14(23-10(4)18)12(21-7)6-20-8(2)16;1-7-8(2)19-12(6-18-9(3)15)14(21-11(5)17)13(7)20-10(4)16/h2-21,23,28-31H,22H2,1H3;2*7,12-15H,6H2,1-5H3;7-8,12-14H,6H2,1-5H3. The molecule has 0 spiro atoms. The molecule has 113 heavy (non-hydrogen) atoms. The van der Waals surface area contributed by atoms with E-state index in [0.29, 0.717) is 5.56 Å². The topological polar surface area (TPSA) is 431 Å². The summed E-state index contributed by atoms with van der Waals surface area (Å²) in [5.74, 6) is -9.26. The van der Waals surface area contributed by atoms with Crippen LogP contribution in [0, 0.1) is 5.92 Å². The molecule has 0 radical (unpaired) electrons. The Labute approximate surface area is 651 Å². The zero-order valence-electron chi connectivity index (χ0n) is 65.3. The first-order valence-electron chi connectivity index (χ1n) is 35.8. The molecule has 0 N–H and O–H groups in total. The molecule has 4 fully saturated rings. The van der Waals surface area contributed by atoms with Crippen LogP contribution in [0.5, 0.6) is 0 Å². The first kappa shape index (κ1) is 92.4. The van der Waals surface area contributed by atoms with E-state index in [-0.39, 0.29) is 55.1 Å². The Kier molecular flexibility index (Phi) is 37.0. The monoisotopic (exact) mass is 1590 g/mol. The van der Waals surface area contributed by atoms with Crippen molar-refractivity contribution in [3.8, 4) is 0 Å². The van der Waals surface area contributed by atoms with E-state index >= 15 is 0 Å². The van der Waals surface area contributed by atoms with Gasteiger partial charge in [-0.2, -0.15) is 0 Å². The van der Waals surface area contributed by atoms with Crippen molar-refractivity contribution in [2.24, 2.45) is 5.92 Å². The SMILES string of the molecule is CC(=O)OCC1OC(C)C(C)C(OC(C)=O)C1OC(C)=O.CC(=O)OCC1OC(C)C(OC(C)=O)C(OC(C)=O)C1OC(C)=O.CC(=O)OCC1OC(C)C(OC(C)=O)C(OC(C)=O)C1OC(C)=O.CC1OC(COC(=O)c2ccccc2)C(OC(=O)c2ccccc2)C(OC(=O)c2ccccc2)C1OC(=O)c1ccccc1. The van der Waals surface area contributed by atoms with E-state index in [9.17, 15) is 71.9 Å². The number of esters is 15. The molecule has 4 aromatic carbocycles. The Balaban J connectivity index is 0.000000285. The average Bonchev–Trinajstić information content (AvgIpc) is 0.774. The summed E-state index contributed by atoms with van der Waals surface area (Å²) in [5.41, 5.74) is 1.05. The lowest BCUT2D eigenvalue weighted by Gasteiger charge is -2.43. The van der Waals surface area contributed by atoms with E-state index < -0.39 is 199 Å². The van der Waals surface area contributed by atoms with Gasteiger partial charge in [-0.1, -0.05) is 79.7 Å². The predicted molar refractivity (Wildman–Crippen MR) is 384 cm³/mol. The highest BCUT2D eigenvalue weighted by Gasteiger charge is 2.55. The third-order valence-corrected chi connectivity index (χ3v) is 16.9. The van der Waals surface area contributed by atoms with Crippen LogP contribution in [0.1, 0.15) is 152 Å². The lowest BCUT2D eigenvalue weighted by atomic mass is 9.88. The van der Waals surface area contributed by atoms with Crippen LogP contribution < -0.4 is 0 Å². The smallest absolute Gasteiger partial charge is 0.338 e. The largest absolute Gasteiger partial charge is 0.463 e. The first-order valence-corrected chi connectivity index (χ1v) is 35.8. The van der Waals surface area contributed by atoms with Crippen LogP contribution in [0.3, 0.4) is 0 Å². The molecule has 0 saturated carbocycles. The summed E-state index contributed by atoms with van der Waals surface area (Å²) < 4.78 is 103. The maximum absolute atomic E-state index is 13.4. The van der Waals surface area contributed by atoms with Gasteiger partial charge in [-0.05, 0) is 76.2 Å². The van der Waals surface area contributed by atoms with Gasteiger partial charge in [0.1, 0.15) is 56.9 Å². The Morgan fingerprint density at radius 1 is 0.221 bits per heavy atom. The molecule has 4 aromatic rings. The number of rotatable bonds is 23. The van der Waals surface area contributed by atoms with Gasteiger partial charge in [0.2, 0.25) is 0 Å². The second kappa shape index (κ2) is 45.3. The maximum atomic E-state index is 13.4. The summed E-state index contributed by atoms with van der Waals surface area (Å²) in [6.07, 6.45) is -17.5. The number of hydrogen-bond acceptors (Lipinski definition) is 34. The zero-order chi connectivity index (χ0) is 83.9. The van der Waals surface area contributed by atoms with Crippen LogP contribution in [0.4, 0.5) is 0 Å². The van der Waals surface area contributed by atoms with Crippen molar-refractivity contribution in [3.05, 3.63) is 144 Å². The van der Waals surface area contributed by atoms with Gasteiger partial charge < -0.3 is 90.0 Å². The van der Waals surface area contributed by atoms with E-state index in [0.717, 1.165) is 0 Å². The third kappa shape index (κ3) is 30.1. The van der Waals surface area contributed by atoms with E-state index in [1.165, 1.54) is 76.2 Å². The molecule has 8 rings (SSSR count). The fourth-order valence-electron chi connectivity index (χ4n) is 12.0. The molecule has 0 aliphatic carbocycles. The van der Waals surface area contributed by atoms with Crippen molar-refractivity contribution in [3.63, 3.8) is 0 Å². The second-order valence-corrected chi connectivity index (χ2v) is 26.1. The highest BCUT2D eigenvalue weighted by molar-refractivity contribution is 5.92. The average molecular weight is 1590 g/mol. The van der Waals surface area contributed by atoms with E-state index in [1.807, 2.05) is 13.8 Å². The van der Waals surface area contributed by atoms with Crippen molar-refractivity contribution in [1.29, 1.82) is 0 Å². The van der Waals surface area contributed by atoms with Crippen LogP contribution in [0.2, 0.25) is 0 Å². The molecule has 4 aliphatic heterocycles. The molecule has 0 aromatic heterocycles. The van der Waals surface area contributed by atoms with Gasteiger partial charge in [-0.15, -0.1) is 0 Å². The molecule has 20 atom stereocenters. The fraction of sp³-hybridized carbons (Fsp3) is 0.506. The highest BCUT2D eigenvalue weighted by atomic mass is 16.7. The zero-order valence-corrected chi connectivity index (χ0v) is 65.3. The van der Waals surface area contributed by atoms with Gasteiger partial charge in [0.15, 0.2) is 61.0 Å². The van der Waals surface area contributed by atoms with E-state index in [1.54, 1.807) is 142 Å². The van der Waals surface area contributed by atoms with Crippen molar-refractivity contribution < 1.29 is 162 Å². The number of carbonyl (C=O) groups is 15. The summed E-state index contributed by atoms with van der Waals surface area (Å²) >= 11 is 0. The number of carbonyl (C=O) groups excluding carboxylic acids is 15. The Morgan fingerprint density at radius 2 is 0.416 bits per heavy atom. The minimum Gasteiger partial charge on any atom is -0.463 e. The fourth-order valence-corrected chi connectivity index (χ4v) is 12.0. The molecule has 20 unspecified atom stereocenters. The van der Waals surface area contributed by atoms with E-state index in [4.69, 9.17) is 90.0 Å². The van der Waals surface area contributed by atoms with Crippen LogP contribution in [-0.2, 0) is 143 Å². The number of hydrogen-bond donors (Lipinski definition) is 0. The van der Waals surface area contributed by atoms with Crippen LogP contribution in [-0.4, -0.2) is 232 Å². The molecular weight excluding hydrogens is 1490 g/mol. The van der Waals surface area contributed by atoms with Crippen LogP contribution >= 0.6 is 0 Å². The highest BCUT2D eigenvalue weighted by Crippen LogP contribution is 2.35. The molecule has 4 aliphatic rings. The summed E-state index contributed by atoms with van der Waals surface area (Å²) in [6.45, 7) is 21.1. The molecule has 0 bridgehead atoms. The molecule has 0 amide bonds. The predicted octanol–water partition coefficient (Wildman–Crippen LogP) is 6.41.